The number of alkyl halides is 3. The topological polar surface area (TPSA) is 49.8 Å². The molecule has 74 valence electrons. The molecule has 0 aliphatic heterocycles. The number of hydrogen-bond donors (Lipinski definition) is 1. The summed E-state index contributed by atoms with van der Waals surface area (Å²) >= 11 is 1.66. The van der Waals surface area contributed by atoms with E-state index in [0.717, 1.165) is 12.1 Å². The molecule has 0 amide bonds. The van der Waals surface area contributed by atoms with Crippen molar-refractivity contribution in [2.75, 3.05) is 5.73 Å². The molecule has 2 N–H and O–H groups in total. The summed E-state index contributed by atoms with van der Waals surface area (Å²) in [5.41, 5.74) is 4.49. The molecule has 0 aromatic heterocycles. The molecular weight excluding hydrogens is 308 g/mol. The van der Waals surface area contributed by atoms with E-state index in [4.69, 9.17) is 11.0 Å². The molecule has 0 saturated carbocycles. The van der Waals surface area contributed by atoms with Crippen molar-refractivity contribution in [3.8, 4) is 6.07 Å². The van der Waals surface area contributed by atoms with Crippen LogP contribution in [0.2, 0.25) is 0 Å². The van der Waals surface area contributed by atoms with E-state index < -0.39 is 11.7 Å². The van der Waals surface area contributed by atoms with E-state index >= 15 is 0 Å². The predicted octanol–water partition coefficient (Wildman–Crippen LogP) is 2.76. The van der Waals surface area contributed by atoms with E-state index in [0.29, 0.717) is 0 Å². The lowest BCUT2D eigenvalue weighted by Crippen LogP contribution is -2.07. The zero-order valence-corrected chi connectivity index (χ0v) is 8.85. The zero-order valence-electron chi connectivity index (χ0n) is 6.69. The first kappa shape index (κ1) is 11.1. The van der Waals surface area contributed by atoms with Crippen LogP contribution in [0.25, 0.3) is 0 Å². The Morgan fingerprint density at radius 1 is 1.36 bits per heavy atom. The highest BCUT2D eigenvalue weighted by molar-refractivity contribution is 14.1. The third-order valence-electron chi connectivity index (χ3n) is 1.58. The number of nitriles is 1. The average Bonchev–Trinajstić information content (AvgIpc) is 2.07. The standard InChI is InChI=1S/C8H4F3IN2/c9-8(10,11)5-1-4(3-13)7(14)6(12)2-5/h1-2H,14H2. The van der Waals surface area contributed by atoms with Crippen LogP contribution in [-0.2, 0) is 6.18 Å². The first-order chi connectivity index (χ1) is 6.36. The molecule has 14 heavy (non-hydrogen) atoms. The highest BCUT2D eigenvalue weighted by atomic mass is 127. The molecule has 0 aliphatic rings. The van der Waals surface area contributed by atoms with Gasteiger partial charge in [0.2, 0.25) is 0 Å². The number of halogens is 4. The Kier molecular flexibility index (Phi) is 2.89. The maximum absolute atomic E-state index is 12.3. The van der Waals surface area contributed by atoms with Crippen LogP contribution in [0.15, 0.2) is 12.1 Å². The minimum atomic E-state index is -4.45. The van der Waals surface area contributed by atoms with Gasteiger partial charge < -0.3 is 5.73 Å². The van der Waals surface area contributed by atoms with Gasteiger partial charge in [0.25, 0.3) is 0 Å². The van der Waals surface area contributed by atoms with Gasteiger partial charge in [0.05, 0.1) is 16.8 Å². The van der Waals surface area contributed by atoms with Gasteiger partial charge in [-0.2, -0.15) is 18.4 Å². The first-order valence-corrected chi connectivity index (χ1v) is 4.50. The molecule has 0 bridgehead atoms. The highest BCUT2D eigenvalue weighted by Gasteiger charge is 2.31. The second-order valence-corrected chi connectivity index (χ2v) is 3.69. The largest absolute Gasteiger partial charge is 0.416 e. The normalized spacial score (nSPS) is 11.1. The maximum atomic E-state index is 12.3. The smallest absolute Gasteiger partial charge is 0.397 e. The number of nitrogens with two attached hydrogens (primary N) is 1. The van der Waals surface area contributed by atoms with Gasteiger partial charge in [-0.15, -0.1) is 0 Å². The minimum Gasteiger partial charge on any atom is -0.397 e. The molecule has 0 aliphatic carbocycles. The van der Waals surface area contributed by atoms with Gasteiger partial charge in [-0.05, 0) is 34.7 Å². The van der Waals surface area contributed by atoms with Crippen molar-refractivity contribution in [3.05, 3.63) is 26.8 Å². The van der Waals surface area contributed by atoms with Gasteiger partial charge in [-0.25, -0.2) is 0 Å². The lowest BCUT2D eigenvalue weighted by atomic mass is 10.1. The molecular formula is C8H4F3IN2. The number of benzene rings is 1. The zero-order chi connectivity index (χ0) is 10.9. The van der Waals surface area contributed by atoms with E-state index in [1.54, 1.807) is 28.7 Å². The molecule has 1 aromatic rings. The SMILES string of the molecule is N#Cc1cc(C(F)(F)F)cc(I)c1N. The van der Waals surface area contributed by atoms with Gasteiger partial charge in [0.15, 0.2) is 0 Å². The van der Waals surface area contributed by atoms with Crippen molar-refractivity contribution in [1.29, 1.82) is 5.26 Å². The fourth-order valence-electron chi connectivity index (χ4n) is 0.874. The van der Waals surface area contributed by atoms with E-state index in [9.17, 15) is 13.2 Å². The molecule has 0 saturated heterocycles. The van der Waals surface area contributed by atoms with Crippen LogP contribution < -0.4 is 5.73 Å². The molecule has 0 atom stereocenters. The van der Waals surface area contributed by atoms with Crippen molar-refractivity contribution < 1.29 is 13.2 Å². The fraction of sp³-hybridized carbons (Fsp3) is 0.125. The second kappa shape index (κ2) is 3.65. The van der Waals surface area contributed by atoms with Crippen LogP contribution in [0, 0.1) is 14.9 Å². The number of rotatable bonds is 0. The van der Waals surface area contributed by atoms with Crippen LogP contribution in [0.5, 0.6) is 0 Å². The molecule has 0 heterocycles. The Labute approximate surface area is 91.7 Å². The number of hydrogen-bond acceptors (Lipinski definition) is 2. The van der Waals surface area contributed by atoms with E-state index in [-0.39, 0.29) is 14.8 Å². The summed E-state index contributed by atoms with van der Waals surface area (Å²) in [6.45, 7) is 0. The van der Waals surface area contributed by atoms with E-state index in [1.165, 1.54) is 0 Å². The molecule has 1 aromatic carbocycles. The van der Waals surface area contributed by atoms with Gasteiger partial charge in [0.1, 0.15) is 6.07 Å². The molecule has 0 radical (unpaired) electrons. The van der Waals surface area contributed by atoms with E-state index in [2.05, 4.69) is 0 Å². The van der Waals surface area contributed by atoms with Crippen molar-refractivity contribution in [1.82, 2.24) is 0 Å². The summed E-state index contributed by atoms with van der Waals surface area (Å²) in [6, 6.07) is 3.28. The molecule has 0 unspecified atom stereocenters. The lowest BCUT2D eigenvalue weighted by Gasteiger charge is -2.09. The van der Waals surface area contributed by atoms with Crippen LogP contribution in [-0.4, -0.2) is 0 Å². The van der Waals surface area contributed by atoms with E-state index in [1.807, 2.05) is 0 Å². The Morgan fingerprint density at radius 2 is 1.93 bits per heavy atom. The van der Waals surface area contributed by atoms with Crippen LogP contribution >= 0.6 is 22.6 Å². The monoisotopic (exact) mass is 312 g/mol. The Hall–Kier alpha value is -0.970. The number of anilines is 1. The molecule has 2 nitrogen and oxygen atoms in total. The molecule has 1 rings (SSSR count). The average molecular weight is 312 g/mol. The van der Waals surface area contributed by atoms with Crippen LogP contribution in [0.3, 0.4) is 0 Å². The van der Waals surface area contributed by atoms with Gasteiger partial charge in [0, 0.05) is 3.57 Å². The molecule has 6 heteroatoms. The third kappa shape index (κ3) is 2.09. The Balaban J connectivity index is 3.40. The number of nitrogen functional groups attached to an aromatic ring is 1. The summed E-state index contributed by atoms with van der Waals surface area (Å²) in [4.78, 5) is 0. The van der Waals surface area contributed by atoms with Gasteiger partial charge in [-0.3, -0.25) is 0 Å². The summed E-state index contributed by atoms with van der Waals surface area (Å²) in [5, 5.41) is 8.53. The van der Waals surface area contributed by atoms with Crippen molar-refractivity contribution in [2.24, 2.45) is 0 Å². The lowest BCUT2D eigenvalue weighted by molar-refractivity contribution is -0.137. The van der Waals surface area contributed by atoms with Crippen molar-refractivity contribution in [2.45, 2.75) is 6.18 Å². The van der Waals surface area contributed by atoms with Crippen molar-refractivity contribution in [3.63, 3.8) is 0 Å². The third-order valence-corrected chi connectivity index (χ3v) is 2.47. The predicted molar refractivity (Wildman–Crippen MR) is 53.3 cm³/mol. The van der Waals surface area contributed by atoms with Gasteiger partial charge >= 0.3 is 6.18 Å². The summed E-state index contributed by atoms with van der Waals surface area (Å²) in [6.07, 6.45) is -4.45. The minimum absolute atomic E-state index is 0.0844. The molecule has 0 fully saturated rings. The Morgan fingerprint density at radius 3 is 2.36 bits per heavy atom. The quantitative estimate of drug-likeness (QED) is 0.591. The Bertz CT molecular complexity index is 406. The number of nitrogens with zero attached hydrogens (tertiary/aromatic N) is 1. The second-order valence-electron chi connectivity index (χ2n) is 2.53. The maximum Gasteiger partial charge on any atom is 0.416 e. The summed E-state index contributed by atoms with van der Waals surface area (Å²) in [5.74, 6) is 0. The van der Waals surface area contributed by atoms with Crippen LogP contribution in [0.4, 0.5) is 18.9 Å². The fourth-order valence-corrected chi connectivity index (χ4v) is 1.50. The molecule has 0 spiro atoms. The summed E-state index contributed by atoms with van der Waals surface area (Å²) in [7, 11) is 0. The highest BCUT2D eigenvalue weighted by Crippen LogP contribution is 2.33. The first-order valence-electron chi connectivity index (χ1n) is 3.42. The van der Waals surface area contributed by atoms with Gasteiger partial charge in [-0.1, -0.05) is 0 Å². The van der Waals surface area contributed by atoms with Crippen LogP contribution in [0.1, 0.15) is 11.1 Å². The van der Waals surface area contributed by atoms with Crippen molar-refractivity contribution >= 4 is 28.3 Å². The summed E-state index contributed by atoms with van der Waals surface area (Å²) < 4.78 is 37.0.